The molecular formula is C14H25NO3. The highest BCUT2D eigenvalue weighted by atomic mass is 16.5. The zero-order valence-electron chi connectivity index (χ0n) is 11.5. The lowest BCUT2D eigenvalue weighted by atomic mass is 9.86. The molecule has 2 rings (SSSR count). The molecule has 1 aliphatic heterocycles. The number of rotatable bonds is 3. The molecule has 1 saturated carbocycles. The molecule has 0 aromatic carbocycles. The van der Waals surface area contributed by atoms with Crippen molar-refractivity contribution in [1.82, 2.24) is 4.90 Å². The minimum Gasteiger partial charge on any atom is -0.481 e. The van der Waals surface area contributed by atoms with Gasteiger partial charge in [0.1, 0.15) is 0 Å². The molecule has 1 heterocycles. The summed E-state index contributed by atoms with van der Waals surface area (Å²) >= 11 is 0. The Morgan fingerprint density at radius 3 is 2.67 bits per heavy atom. The van der Waals surface area contributed by atoms with Crippen LogP contribution in [0.1, 0.15) is 45.4 Å². The molecule has 0 radical (unpaired) electrons. The number of carboxylic acids is 1. The fourth-order valence-electron chi connectivity index (χ4n) is 3.59. The Hall–Kier alpha value is -0.610. The number of likely N-dealkylation sites (tertiary alicyclic amines) is 1. The maximum absolute atomic E-state index is 11.0. The normalized spacial score (nSPS) is 38.6. The molecule has 2 fully saturated rings. The van der Waals surface area contributed by atoms with Crippen LogP contribution >= 0.6 is 0 Å². The predicted molar refractivity (Wildman–Crippen MR) is 69.6 cm³/mol. The predicted octanol–water partition coefficient (Wildman–Crippen LogP) is 2.13. The molecule has 0 bridgehead atoms. The van der Waals surface area contributed by atoms with E-state index < -0.39 is 5.97 Å². The van der Waals surface area contributed by atoms with Gasteiger partial charge in [-0.1, -0.05) is 0 Å². The second kappa shape index (κ2) is 6.02. The molecule has 1 N–H and O–H groups in total. The van der Waals surface area contributed by atoms with Crippen molar-refractivity contribution < 1.29 is 14.6 Å². The van der Waals surface area contributed by atoms with E-state index in [1.54, 1.807) is 7.11 Å². The summed E-state index contributed by atoms with van der Waals surface area (Å²) in [6.07, 6.45) is 6.74. The second-order valence-corrected chi connectivity index (χ2v) is 5.82. The molecule has 0 spiro atoms. The molecular weight excluding hydrogens is 230 g/mol. The van der Waals surface area contributed by atoms with Crippen LogP contribution in [0.5, 0.6) is 0 Å². The van der Waals surface area contributed by atoms with Gasteiger partial charge in [0, 0.05) is 19.2 Å². The van der Waals surface area contributed by atoms with E-state index in [2.05, 4.69) is 11.8 Å². The quantitative estimate of drug-likeness (QED) is 0.839. The third-order valence-corrected chi connectivity index (χ3v) is 4.68. The summed E-state index contributed by atoms with van der Waals surface area (Å²) in [5.74, 6) is -0.766. The first-order chi connectivity index (χ1) is 8.61. The molecule has 4 unspecified atom stereocenters. The van der Waals surface area contributed by atoms with Crippen LogP contribution in [0.4, 0.5) is 0 Å². The van der Waals surface area contributed by atoms with Gasteiger partial charge in [-0.2, -0.15) is 0 Å². The fourth-order valence-corrected chi connectivity index (χ4v) is 3.59. The molecule has 1 aliphatic carbocycles. The Labute approximate surface area is 109 Å². The van der Waals surface area contributed by atoms with E-state index in [0.717, 1.165) is 25.8 Å². The Morgan fingerprint density at radius 2 is 2.06 bits per heavy atom. The van der Waals surface area contributed by atoms with Crippen molar-refractivity contribution in [2.75, 3.05) is 13.7 Å². The van der Waals surface area contributed by atoms with Gasteiger partial charge in [0.15, 0.2) is 0 Å². The van der Waals surface area contributed by atoms with Crippen molar-refractivity contribution in [2.24, 2.45) is 5.92 Å². The summed E-state index contributed by atoms with van der Waals surface area (Å²) < 4.78 is 5.49. The van der Waals surface area contributed by atoms with Gasteiger partial charge in [0.2, 0.25) is 0 Å². The first-order valence-electron chi connectivity index (χ1n) is 7.13. The number of ether oxygens (including phenoxy) is 1. The number of nitrogens with zero attached hydrogens (tertiary/aromatic N) is 1. The molecule has 4 atom stereocenters. The molecule has 0 amide bonds. The zero-order chi connectivity index (χ0) is 13.1. The van der Waals surface area contributed by atoms with E-state index in [9.17, 15) is 4.79 Å². The Morgan fingerprint density at radius 1 is 1.28 bits per heavy atom. The highest BCUT2D eigenvalue weighted by Gasteiger charge is 2.35. The van der Waals surface area contributed by atoms with Crippen LogP contribution in [0.15, 0.2) is 0 Å². The average molecular weight is 255 g/mol. The van der Waals surface area contributed by atoms with Crippen LogP contribution < -0.4 is 0 Å². The summed E-state index contributed by atoms with van der Waals surface area (Å²) in [5, 5.41) is 9.09. The number of aliphatic carboxylic acids is 1. The molecule has 18 heavy (non-hydrogen) atoms. The van der Waals surface area contributed by atoms with Crippen molar-refractivity contribution in [2.45, 2.75) is 63.6 Å². The van der Waals surface area contributed by atoms with Gasteiger partial charge in [-0.3, -0.25) is 9.69 Å². The van der Waals surface area contributed by atoms with Crippen LogP contribution in [0.25, 0.3) is 0 Å². The average Bonchev–Trinajstić information content (AvgIpc) is 2.38. The van der Waals surface area contributed by atoms with Gasteiger partial charge in [-0.25, -0.2) is 0 Å². The molecule has 0 aromatic rings. The Kier molecular flexibility index (Phi) is 4.62. The van der Waals surface area contributed by atoms with Crippen LogP contribution in [-0.4, -0.2) is 47.8 Å². The van der Waals surface area contributed by atoms with E-state index in [1.165, 1.54) is 19.3 Å². The SMILES string of the molecule is COC1CCCC(N2CCC(C(=O)O)CC2C)C1. The van der Waals surface area contributed by atoms with E-state index in [0.29, 0.717) is 18.2 Å². The summed E-state index contributed by atoms with van der Waals surface area (Å²) in [7, 11) is 1.80. The topological polar surface area (TPSA) is 49.8 Å². The van der Waals surface area contributed by atoms with E-state index >= 15 is 0 Å². The van der Waals surface area contributed by atoms with Gasteiger partial charge in [0.05, 0.1) is 12.0 Å². The molecule has 0 aromatic heterocycles. The van der Waals surface area contributed by atoms with Crippen LogP contribution in [0.3, 0.4) is 0 Å². The van der Waals surface area contributed by atoms with Gasteiger partial charge in [-0.05, 0) is 52.0 Å². The second-order valence-electron chi connectivity index (χ2n) is 5.82. The van der Waals surface area contributed by atoms with Crippen molar-refractivity contribution in [3.8, 4) is 0 Å². The molecule has 4 nitrogen and oxygen atoms in total. The highest BCUT2D eigenvalue weighted by Crippen LogP contribution is 2.31. The number of carbonyl (C=O) groups is 1. The number of piperidine rings is 1. The Bertz CT molecular complexity index is 295. The first kappa shape index (κ1) is 13.8. The summed E-state index contributed by atoms with van der Waals surface area (Å²) in [5.41, 5.74) is 0. The third kappa shape index (κ3) is 3.04. The maximum Gasteiger partial charge on any atom is 0.306 e. The minimum absolute atomic E-state index is 0.141. The minimum atomic E-state index is -0.625. The summed E-state index contributed by atoms with van der Waals surface area (Å²) in [6, 6.07) is 0.980. The maximum atomic E-state index is 11.0. The Balaban J connectivity index is 1.91. The third-order valence-electron chi connectivity index (χ3n) is 4.68. The molecule has 4 heteroatoms. The van der Waals surface area contributed by atoms with Crippen molar-refractivity contribution in [1.29, 1.82) is 0 Å². The van der Waals surface area contributed by atoms with Crippen molar-refractivity contribution >= 4 is 5.97 Å². The van der Waals surface area contributed by atoms with E-state index in [1.807, 2.05) is 0 Å². The van der Waals surface area contributed by atoms with Gasteiger partial charge in [0.25, 0.3) is 0 Å². The summed E-state index contributed by atoms with van der Waals surface area (Å²) in [6.45, 7) is 3.10. The lowest BCUT2D eigenvalue weighted by molar-refractivity contribution is -0.144. The fraction of sp³-hybridized carbons (Fsp3) is 0.929. The monoisotopic (exact) mass is 255 g/mol. The van der Waals surface area contributed by atoms with Crippen molar-refractivity contribution in [3.63, 3.8) is 0 Å². The molecule has 104 valence electrons. The smallest absolute Gasteiger partial charge is 0.306 e. The zero-order valence-corrected chi connectivity index (χ0v) is 11.5. The largest absolute Gasteiger partial charge is 0.481 e. The number of hydrogen-bond acceptors (Lipinski definition) is 3. The lowest BCUT2D eigenvalue weighted by Gasteiger charge is -2.44. The standard InChI is InChI=1S/C14H25NO3/c1-10-8-11(14(16)17)6-7-15(10)12-4-3-5-13(9-12)18-2/h10-13H,3-9H2,1-2H3,(H,16,17). The lowest BCUT2D eigenvalue weighted by Crippen LogP contribution is -2.50. The van der Waals surface area contributed by atoms with Gasteiger partial charge in [-0.15, -0.1) is 0 Å². The first-order valence-corrected chi connectivity index (χ1v) is 7.13. The molecule has 2 aliphatic rings. The molecule has 1 saturated heterocycles. The highest BCUT2D eigenvalue weighted by molar-refractivity contribution is 5.70. The number of hydrogen-bond donors (Lipinski definition) is 1. The van der Waals surface area contributed by atoms with E-state index in [-0.39, 0.29) is 5.92 Å². The van der Waals surface area contributed by atoms with Crippen LogP contribution in [0, 0.1) is 5.92 Å². The van der Waals surface area contributed by atoms with Gasteiger partial charge < -0.3 is 9.84 Å². The summed E-state index contributed by atoms with van der Waals surface area (Å²) in [4.78, 5) is 13.6. The van der Waals surface area contributed by atoms with Gasteiger partial charge >= 0.3 is 5.97 Å². The van der Waals surface area contributed by atoms with Crippen LogP contribution in [-0.2, 0) is 9.53 Å². The van der Waals surface area contributed by atoms with E-state index in [4.69, 9.17) is 9.84 Å². The number of carboxylic acid groups (broad SMARTS) is 1. The number of methoxy groups -OCH3 is 1. The van der Waals surface area contributed by atoms with Crippen LogP contribution in [0.2, 0.25) is 0 Å². The van der Waals surface area contributed by atoms with Crippen molar-refractivity contribution in [3.05, 3.63) is 0 Å².